The van der Waals surface area contributed by atoms with E-state index in [1.165, 1.54) is 6.21 Å². The maximum Gasteiger partial charge on any atom is 0.343 e. The molecule has 1 heterocycles. The van der Waals surface area contributed by atoms with Gasteiger partial charge < -0.3 is 9.47 Å². The molecule has 0 saturated heterocycles. The number of hydrogen-bond donors (Lipinski definition) is 2. The van der Waals surface area contributed by atoms with Crippen LogP contribution in [-0.4, -0.2) is 34.9 Å². The topological polar surface area (TPSA) is 106 Å². The lowest BCUT2D eigenvalue weighted by Crippen LogP contribution is -2.18. The summed E-state index contributed by atoms with van der Waals surface area (Å²) in [5.74, 6) is -0.244. The average Bonchev–Trinajstić information content (AvgIpc) is 3.17. The molecule has 0 atom stereocenters. The highest BCUT2D eigenvalue weighted by atomic mass is 79.9. The summed E-state index contributed by atoms with van der Waals surface area (Å²) in [6, 6.07) is 13.4. The minimum Gasteiger partial charge on any atom is -0.490 e. The van der Waals surface area contributed by atoms with Gasteiger partial charge in [-0.3, -0.25) is 9.89 Å². The Morgan fingerprint density at radius 2 is 1.93 bits per heavy atom. The predicted octanol–water partition coefficient (Wildman–Crippen LogP) is 3.86. The Bertz CT molecular complexity index is 1080. The quantitative estimate of drug-likeness (QED) is 0.236. The lowest BCUT2D eigenvalue weighted by molar-refractivity contribution is 0.0728. The zero-order valence-corrected chi connectivity index (χ0v) is 17.9. The number of ether oxygens (including phenoxy) is 2. The summed E-state index contributed by atoms with van der Waals surface area (Å²) >= 11 is 3.33. The number of halogens is 1. The second-order valence-electron chi connectivity index (χ2n) is 6.17. The van der Waals surface area contributed by atoms with Crippen molar-refractivity contribution in [2.75, 3.05) is 6.61 Å². The second-order valence-corrected chi connectivity index (χ2v) is 7.09. The molecule has 9 heteroatoms. The Hall–Kier alpha value is -3.46. The standard InChI is InChI=1S/C21H19BrN4O4/c1-3-29-19-11-14(12-23-26-20(27)17-10-13(2)24-25-17)4-9-18(19)30-21(28)15-5-7-16(22)8-6-15/h4-12H,3H2,1-2H3,(H,24,25)(H,26,27)/b23-12-. The van der Waals surface area contributed by atoms with Crippen molar-refractivity contribution in [1.29, 1.82) is 0 Å². The van der Waals surface area contributed by atoms with Crippen molar-refractivity contribution >= 4 is 34.0 Å². The number of amides is 1. The number of nitrogens with one attached hydrogen (secondary N) is 2. The molecule has 3 aromatic rings. The van der Waals surface area contributed by atoms with Crippen LogP contribution in [0.5, 0.6) is 11.5 Å². The van der Waals surface area contributed by atoms with Crippen molar-refractivity contribution in [2.24, 2.45) is 5.10 Å². The van der Waals surface area contributed by atoms with Gasteiger partial charge in [-0.05, 0) is 67.9 Å². The molecule has 0 aliphatic carbocycles. The largest absolute Gasteiger partial charge is 0.490 e. The van der Waals surface area contributed by atoms with Gasteiger partial charge in [0.2, 0.25) is 0 Å². The van der Waals surface area contributed by atoms with Crippen LogP contribution in [0.2, 0.25) is 0 Å². The minimum absolute atomic E-state index is 0.245. The molecule has 0 fully saturated rings. The first-order chi connectivity index (χ1) is 14.5. The highest BCUT2D eigenvalue weighted by molar-refractivity contribution is 9.10. The predicted molar refractivity (Wildman–Crippen MR) is 115 cm³/mol. The maximum atomic E-state index is 12.4. The summed E-state index contributed by atoms with van der Waals surface area (Å²) < 4.78 is 11.9. The highest BCUT2D eigenvalue weighted by Gasteiger charge is 2.13. The van der Waals surface area contributed by atoms with Gasteiger partial charge in [-0.2, -0.15) is 10.2 Å². The van der Waals surface area contributed by atoms with Gasteiger partial charge in [-0.25, -0.2) is 10.2 Å². The fraction of sp³-hybridized carbons (Fsp3) is 0.143. The van der Waals surface area contributed by atoms with Crippen molar-refractivity contribution in [3.8, 4) is 11.5 Å². The van der Waals surface area contributed by atoms with Crippen LogP contribution in [-0.2, 0) is 0 Å². The summed E-state index contributed by atoms with van der Waals surface area (Å²) in [5.41, 5.74) is 4.50. The van der Waals surface area contributed by atoms with Gasteiger partial charge in [0.15, 0.2) is 17.2 Å². The number of nitrogens with zero attached hydrogens (tertiary/aromatic N) is 2. The fourth-order valence-corrected chi connectivity index (χ4v) is 2.72. The van der Waals surface area contributed by atoms with Crippen molar-refractivity contribution in [3.05, 3.63) is 75.5 Å². The molecule has 0 unspecified atom stereocenters. The van der Waals surface area contributed by atoms with E-state index in [1.54, 1.807) is 55.5 Å². The van der Waals surface area contributed by atoms with Crippen molar-refractivity contribution in [2.45, 2.75) is 13.8 Å². The molecule has 0 saturated carbocycles. The van der Waals surface area contributed by atoms with Gasteiger partial charge in [-0.15, -0.1) is 0 Å². The van der Waals surface area contributed by atoms with Crippen molar-refractivity contribution in [1.82, 2.24) is 15.6 Å². The van der Waals surface area contributed by atoms with Crippen molar-refractivity contribution in [3.63, 3.8) is 0 Å². The summed E-state index contributed by atoms with van der Waals surface area (Å²) in [6.45, 7) is 4.01. The van der Waals surface area contributed by atoms with E-state index < -0.39 is 11.9 Å². The Balaban J connectivity index is 1.70. The Kier molecular flexibility index (Phi) is 6.97. The second kappa shape index (κ2) is 9.84. The number of aryl methyl sites for hydroxylation is 1. The zero-order chi connectivity index (χ0) is 21.5. The number of carbonyl (C=O) groups excluding carboxylic acids is 2. The van der Waals surface area contributed by atoms with Crippen LogP contribution in [0, 0.1) is 6.92 Å². The number of benzene rings is 2. The maximum absolute atomic E-state index is 12.4. The molecular weight excluding hydrogens is 452 g/mol. The number of aromatic nitrogens is 2. The lowest BCUT2D eigenvalue weighted by Gasteiger charge is -2.11. The van der Waals surface area contributed by atoms with Crippen LogP contribution in [0.15, 0.2) is 58.1 Å². The molecule has 0 aliphatic heterocycles. The van der Waals surface area contributed by atoms with E-state index in [1.807, 2.05) is 6.92 Å². The number of carbonyl (C=O) groups is 2. The van der Waals surface area contributed by atoms with E-state index in [-0.39, 0.29) is 11.4 Å². The summed E-state index contributed by atoms with van der Waals surface area (Å²) in [7, 11) is 0. The van der Waals surface area contributed by atoms with Gasteiger partial charge >= 0.3 is 5.97 Å². The van der Waals surface area contributed by atoms with E-state index >= 15 is 0 Å². The van der Waals surface area contributed by atoms with E-state index in [4.69, 9.17) is 9.47 Å². The number of aromatic amines is 1. The van der Waals surface area contributed by atoms with Crippen LogP contribution in [0.1, 0.15) is 39.0 Å². The monoisotopic (exact) mass is 470 g/mol. The molecule has 0 bridgehead atoms. The normalized spacial score (nSPS) is 10.8. The van der Waals surface area contributed by atoms with E-state index in [2.05, 4.69) is 36.7 Å². The summed E-state index contributed by atoms with van der Waals surface area (Å²) in [5, 5.41) is 10.5. The summed E-state index contributed by atoms with van der Waals surface area (Å²) in [6.07, 6.45) is 1.46. The molecular formula is C21H19BrN4O4. The minimum atomic E-state index is -0.494. The number of H-pyrrole nitrogens is 1. The molecule has 8 nitrogen and oxygen atoms in total. The Morgan fingerprint density at radius 3 is 2.60 bits per heavy atom. The number of hydrazone groups is 1. The van der Waals surface area contributed by atoms with Gasteiger partial charge in [0.05, 0.1) is 18.4 Å². The van der Waals surface area contributed by atoms with Gasteiger partial charge in [0.25, 0.3) is 5.91 Å². The van der Waals surface area contributed by atoms with Crippen molar-refractivity contribution < 1.29 is 19.1 Å². The molecule has 0 spiro atoms. The van der Waals surface area contributed by atoms with Gasteiger partial charge in [-0.1, -0.05) is 15.9 Å². The molecule has 1 amide bonds. The Morgan fingerprint density at radius 1 is 1.17 bits per heavy atom. The smallest absolute Gasteiger partial charge is 0.343 e. The molecule has 1 aromatic heterocycles. The molecule has 154 valence electrons. The molecule has 30 heavy (non-hydrogen) atoms. The third-order valence-corrected chi connectivity index (χ3v) is 4.40. The molecule has 2 N–H and O–H groups in total. The van der Waals surface area contributed by atoms with Gasteiger partial charge in [0.1, 0.15) is 0 Å². The average molecular weight is 471 g/mol. The SMILES string of the molecule is CCOc1cc(/C=N\NC(=O)c2cc(C)[nH]n2)ccc1OC(=O)c1ccc(Br)cc1. The molecule has 3 rings (SSSR count). The number of rotatable bonds is 7. The lowest BCUT2D eigenvalue weighted by atomic mass is 10.2. The van der Waals surface area contributed by atoms with Crippen LogP contribution in [0.4, 0.5) is 0 Å². The third-order valence-electron chi connectivity index (χ3n) is 3.87. The van der Waals surface area contributed by atoms with E-state index in [9.17, 15) is 9.59 Å². The molecule has 0 radical (unpaired) electrons. The third kappa shape index (κ3) is 5.54. The Labute approximate surface area is 181 Å². The van der Waals surface area contributed by atoms with Gasteiger partial charge in [0, 0.05) is 10.2 Å². The first kappa shape index (κ1) is 21.3. The van der Waals surface area contributed by atoms with Crippen LogP contribution < -0.4 is 14.9 Å². The fourth-order valence-electron chi connectivity index (χ4n) is 2.46. The number of esters is 1. The van der Waals surface area contributed by atoms with Crippen LogP contribution in [0.3, 0.4) is 0 Å². The first-order valence-electron chi connectivity index (χ1n) is 9.06. The zero-order valence-electron chi connectivity index (χ0n) is 16.3. The van der Waals surface area contributed by atoms with Crippen LogP contribution in [0.25, 0.3) is 0 Å². The molecule has 2 aromatic carbocycles. The summed E-state index contributed by atoms with van der Waals surface area (Å²) in [4.78, 5) is 24.3. The molecule has 0 aliphatic rings. The van der Waals surface area contributed by atoms with E-state index in [0.717, 1.165) is 10.2 Å². The van der Waals surface area contributed by atoms with Crippen LogP contribution >= 0.6 is 15.9 Å². The van der Waals surface area contributed by atoms with E-state index in [0.29, 0.717) is 23.5 Å². The highest BCUT2D eigenvalue weighted by Crippen LogP contribution is 2.29. The number of hydrogen-bond acceptors (Lipinski definition) is 6. The first-order valence-corrected chi connectivity index (χ1v) is 9.85.